The number of carbonyl (C=O) groups is 2. The zero-order valence-electron chi connectivity index (χ0n) is 12.8. The van der Waals surface area contributed by atoms with Gasteiger partial charge in [0.1, 0.15) is 0 Å². The molecule has 0 bridgehead atoms. The minimum Gasteiger partial charge on any atom is -0.377 e. The van der Waals surface area contributed by atoms with Crippen LogP contribution in [0.3, 0.4) is 0 Å². The molecule has 7 heteroatoms. The predicted molar refractivity (Wildman–Crippen MR) is 85.8 cm³/mol. The molecule has 1 aliphatic heterocycles. The third-order valence-corrected chi connectivity index (χ3v) is 4.26. The van der Waals surface area contributed by atoms with Gasteiger partial charge in [-0.05, 0) is 31.2 Å². The summed E-state index contributed by atoms with van der Waals surface area (Å²) in [5.41, 5.74) is 0. The Bertz CT molecular complexity index is 472. The molecule has 0 saturated carbocycles. The van der Waals surface area contributed by atoms with E-state index in [1.54, 1.807) is 11.3 Å². The van der Waals surface area contributed by atoms with Crippen molar-refractivity contribution in [3.63, 3.8) is 0 Å². The quantitative estimate of drug-likeness (QED) is 0.798. The first kappa shape index (κ1) is 16.9. The Kier molecular flexibility index (Phi) is 6.82. The van der Waals surface area contributed by atoms with E-state index >= 15 is 0 Å². The lowest BCUT2D eigenvalue weighted by atomic mass is 10.2. The lowest BCUT2D eigenvalue weighted by Crippen LogP contribution is -2.45. The number of urea groups is 1. The lowest BCUT2D eigenvalue weighted by molar-refractivity contribution is -0.121. The highest BCUT2D eigenvalue weighted by molar-refractivity contribution is 7.09. The van der Waals surface area contributed by atoms with Gasteiger partial charge < -0.3 is 10.1 Å². The highest BCUT2D eigenvalue weighted by Gasteiger charge is 2.21. The summed E-state index contributed by atoms with van der Waals surface area (Å²) in [6.07, 6.45) is 2.28. The van der Waals surface area contributed by atoms with E-state index in [2.05, 4.69) is 16.7 Å². The third kappa shape index (κ3) is 5.75. The molecule has 1 saturated heterocycles. The second-order valence-electron chi connectivity index (χ2n) is 5.29. The molecule has 1 aromatic heterocycles. The molecule has 0 spiro atoms. The smallest absolute Gasteiger partial charge is 0.321 e. The van der Waals surface area contributed by atoms with E-state index in [1.807, 2.05) is 23.3 Å². The van der Waals surface area contributed by atoms with Crippen LogP contribution < -0.4 is 10.6 Å². The summed E-state index contributed by atoms with van der Waals surface area (Å²) < 4.78 is 5.65. The van der Waals surface area contributed by atoms with E-state index < -0.39 is 6.03 Å². The highest BCUT2D eigenvalue weighted by Crippen LogP contribution is 2.16. The summed E-state index contributed by atoms with van der Waals surface area (Å²) in [5.74, 6) is -0.291. The van der Waals surface area contributed by atoms with Crippen LogP contribution in [-0.4, -0.2) is 49.2 Å². The number of rotatable bonds is 7. The van der Waals surface area contributed by atoms with Crippen molar-refractivity contribution in [1.82, 2.24) is 15.5 Å². The molecule has 2 heterocycles. The van der Waals surface area contributed by atoms with E-state index in [9.17, 15) is 9.59 Å². The van der Waals surface area contributed by atoms with Gasteiger partial charge in [-0.15, -0.1) is 11.3 Å². The Balaban J connectivity index is 1.88. The van der Waals surface area contributed by atoms with Crippen LogP contribution >= 0.6 is 11.3 Å². The number of hydrogen-bond acceptors (Lipinski definition) is 5. The fourth-order valence-electron chi connectivity index (χ4n) is 2.46. The van der Waals surface area contributed by atoms with Crippen molar-refractivity contribution < 1.29 is 14.3 Å². The average molecular weight is 325 g/mol. The highest BCUT2D eigenvalue weighted by atomic mass is 32.1. The monoisotopic (exact) mass is 325 g/mol. The van der Waals surface area contributed by atoms with E-state index in [-0.39, 0.29) is 18.6 Å². The van der Waals surface area contributed by atoms with Crippen molar-refractivity contribution in [2.24, 2.45) is 0 Å². The molecule has 1 aromatic rings. The van der Waals surface area contributed by atoms with Gasteiger partial charge in [0, 0.05) is 31.1 Å². The van der Waals surface area contributed by atoms with Crippen molar-refractivity contribution in [3.8, 4) is 0 Å². The summed E-state index contributed by atoms with van der Waals surface area (Å²) in [6, 6.07) is 3.61. The molecular formula is C15H23N3O3S. The van der Waals surface area contributed by atoms with Crippen LogP contribution in [-0.2, 0) is 16.1 Å². The molecule has 1 aliphatic rings. The van der Waals surface area contributed by atoms with Gasteiger partial charge in [0.2, 0.25) is 5.91 Å². The van der Waals surface area contributed by atoms with E-state index in [0.29, 0.717) is 19.6 Å². The Morgan fingerprint density at radius 3 is 3.00 bits per heavy atom. The Hall–Kier alpha value is -1.44. The number of imide groups is 1. The van der Waals surface area contributed by atoms with Crippen molar-refractivity contribution in [2.75, 3.05) is 26.2 Å². The number of nitrogens with zero attached hydrogens (tertiary/aromatic N) is 1. The number of nitrogens with one attached hydrogen (secondary N) is 2. The second-order valence-corrected chi connectivity index (χ2v) is 6.32. The molecule has 122 valence electrons. The first-order valence-electron chi connectivity index (χ1n) is 7.61. The molecule has 2 N–H and O–H groups in total. The molecule has 1 atom stereocenters. The fourth-order valence-corrected chi connectivity index (χ4v) is 3.20. The van der Waals surface area contributed by atoms with Gasteiger partial charge in [0.25, 0.3) is 0 Å². The largest absolute Gasteiger partial charge is 0.377 e. The zero-order chi connectivity index (χ0) is 15.8. The summed E-state index contributed by atoms with van der Waals surface area (Å²) in [4.78, 5) is 26.6. The normalized spacial score (nSPS) is 17.6. The van der Waals surface area contributed by atoms with Crippen LogP contribution in [0.15, 0.2) is 17.5 Å². The molecule has 0 radical (unpaired) electrons. The zero-order valence-corrected chi connectivity index (χ0v) is 13.7. The summed E-state index contributed by atoms with van der Waals surface area (Å²) in [5, 5.41) is 6.93. The first-order chi connectivity index (χ1) is 10.7. The molecule has 0 aliphatic carbocycles. The SMILES string of the molecule is CCNC(=O)NC(=O)CN(Cc1cccs1)CC1CCCO1. The van der Waals surface area contributed by atoms with Crippen LogP contribution in [0.5, 0.6) is 0 Å². The number of thiophene rings is 1. The van der Waals surface area contributed by atoms with Gasteiger partial charge in [-0.3, -0.25) is 15.0 Å². The maximum absolute atomic E-state index is 12.0. The summed E-state index contributed by atoms with van der Waals surface area (Å²) in [6.45, 7) is 4.69. The summed E-state index contributed by atoms with van der Waals surface area (Å²) in [7, 11) is 0. The average Bonchev–Trinajstić information content (AvgIpc) is 3.12. The molecule has 6 nitrogen and oxygen atoms in total. The lowest BCUT2D eigenvalue weighted by Gasteiger charge is -2.24. The molecule has 22 heavy (non-hydrogen) atoms. The number of amides is 3. The summed E-state index contributed by atoms with van der Waals surface area (Å²) >= 11 is 1.66. The maximum atomic E-state index is 12.0. The second kappa shape index (κ2) is 8.87. The predicted octanol–water partition coefficient (Wildman–Crippen LogP) is 1.57. The van der Waals surface area contributed by atoms with Crippen molar-refractivity contribution in [1.29, 1.82) is 0 Å². The van der Waals surface area contributed by atoms with Crippen LogP contribution in [0.1, 0.15) is 24.6 Å². The third-order valence-electron chi connectivity index (χ3n) is 3.40. The Labute approximate surface area is 134 Å². The molecule has 2 rings (SSSR count). The van der Waals surface area contributed by atoms with Gasteiger partial charge in [-0.25, -0.2) is 4.79 Å². The fraction of sp³-hybridized carbons (Fsp3) is 0.600. The molecular weight excluding hydrogens is 302 g/mol. The van der Waals surface area contributed by atoms with Crippen LogP contribution in [0.4, 0.5) is 4.79 Å². The number of carbonyl (C=O) groups excluding carboxylic acids is 2. The standard InChI is InChI=1S/C15H23N3O3S/c1-2-16-15(20)17-14(19)11-18(9-12-5-3-7-21-12)10-13-6-4-8-22-13/h4,6,8,12H,2-3,5,7,9-11H2,1H3,(H2,16,17,19,20). The van der Waals surface area contributed by atoms with Crippen molar-refractivity contribution >= 4 is 23.3 Å². The van der Waals surface area contributed by atoms with Gasteiger partial charge in [0.15, 0.2) is 0 Å². The first-order valence-corrected chi connectivity index (χ1v) is 8.49. The molecule has 1 unspecified atom stereocenters. The number of ether oxygens (including phenoxy) is 1. The van der Waals surface area contributed by atoms with E-state index in [0.717, 1.165) is 19.4 Å². The van der Waals surface area contributed by atoms with Crippen molar-refractivity contribution in [3.05, 3.63) is 22.4 Å². The molecule has 3 amide bonds. The van der Waals surface area contributed by atoms with E-state index in [1.165, 1.54) is 4.88 Å². The van der Waals surface area contributed by atoms with Gasteiger partial charge in [-0.2, -0.15) is 0 Å². The van der Waals surface area contributed by atoms with Crippen LogP contribution in [0.25, 0.3) is 0 Å². The topological polar surface area (TPSA) is 70.7 Å². The van der Waals surface area contributed by atoms with Gasteiger partial charge >= 0.3 is 6.03 Å². The molecule has 0 aromatic carbocycles. The minimum atomic E-state index is -0.444. The van der Waals surface area contributed by atoms with Crippen molar-refractivity contribution in [2.45, 2.75) is 32.4 Å². The van der Waals surface area contributed by atoms with Crippen LogP contribution in [0, 0.1) is 0 Å². The maximum Gasteiger partial charge on any atom is 0.321 e. The number of hydrogen-bond donors (Lipinski definition) is 2. The Morgan fingerprint density at radius 1 is 1.50 bits per heavy atom. The van der Waals surface area contributed by atoms with E-state index in [4.69, 9.17) is 4.74 Å². The van der Waals surface area contributed by atoms with Gasteiger partial charge in [0.05, 0.1) is 12.6 Å². The Morgan fingerprint density at radius 2 is 2.36 bits per heavy atom. The van der Waals surface area contributed by atoms with Crippen LogP contribution in [0.2, 0.25) is 0 Å². The minimum absolute atomic E-state index is 0.178. The van der Waals surface area contributed by atoms with Gasteiger partial charge in [-0.1, -0.05) is 6.07 Å². The molecule has 1 fully saturated rings.